The minimum atomic E-state index is -0.262. The van der Waals surface area contributed by atoms with E-state index in [-0.39, 0.29) is 11.8 Å². The van der Waals surface area contributed by atoms with E-state index in [2.05, 4.69) is 15.6 Å². The largest absolute Gasteiger partial charge is 0.326 e. The van der Waals surface area contributed by atoms with Crippen molar-refractivity contribution in [3.63, 3.8) is 0 Å². The molecule has 21 heavy (non-hydrogen) atoms. The second kappa shape index (κ2) is 7.75. The van der Waals surface area contributed by atoms with Gasteiger partial charge in [-0.1, -0.05) is 6.07 Å². The van der Waals surface area contributed by atoms with Gasteiger partial charge in [0.1, 0.15) is 0 Å². The Bertz CT molecular complexity index is 616. The van der Waals surface area contributed by atoms with E-state index in [9.17, 15) is 9.59 Å². The molecule has 0 aliphatic carbocycles. The molecule has 0 atom stereocenters. The Morgan fingerprint density at radius 3 is 2.86 bits per heavy atom. The number of benzene rings is 1. The summed E-state index contributed by atoms with van der Waals surface area (Å²) in [7, 11) is 0. The normalized spacial score (nSPS) is 10.1. The lowest BCUT2D eigenvalue weighted by atomic mass is 10.2. The zero-order valence-electron chi connectivity index (χ0n) is 11.1. The van der Waals surface area contributed by atoms with Gasteiger partial charge in [0.15, 0.2) is 5.13 Å². The number of nitrogens with zero attached hydrogens (tertiary/aromatic N) is 1. The lowest BCUT2D eigenvalue weighted by Gasteiger charge is -2.07. The second-order valence-electron chi connectivity index (χ2n) is 4.21. The first kappa shape index (κ1) is 15.5. The first-order valence-electron chi connectivity index (χ1n) is 6.36. The number of halogens is 1. The molecule has 0 aliphatic rings. The van der Waals surface area contributed by atoms with Crippen LogP contribution in [0, 0.1) is 0 Å². The maximum absolute atomic E-state index is 12.0. The van der Waals surface area contributed by atoms with Crippen LogP contribution in [-0.4, -0.2) is 22.7 Å². The maximum Gasteiger partial charge on any atom is 0.257 e. The highest BCUT2D eigenvalue weighted by Crippen LogP contribution is 2.15. The van der Waals surface area contributed by atoms with Gasteiger partial charge in [-0.05, 0) is 24.6 Å². The van der Waals surface area contributed by atoms with E-state index >= 15 is 0 Å². The summed E-state index contributed by atoms with van der Waals surface area (Å²) in [5, 5.41) is 7.75. The van der Waals surface area contributed by atoms with Gasteiger partial charge in [-0.2, -0.15) is 0 Å². The Morgan fingerprint density at radius 2 is 2.14 bits per heavy atom. The van der Waals surface area contributed by atoms with Crippen LogP contribution in [0.2, 0.25) is 0 Å². The van der Waals surface area contributed by atoms with Crippen LogP contribution in [0.15, 0.2) is 35.8 Å². The Kier molecular flexibility index (Phi) is 5.71. The fourth-order valence-corrected chi connectivity index (χ4v) is 2.30. The summed E-state index contributed by atoms with van der Waals surface area (Å²) in [5.41, 5.74) is 1.04. The zero-order valence-corrected chi connectivity index (χ0v) is 12.7. The lowest BCUT2D eigenvalue weighted by Crippen LogP contribution is -2.14. The van der Waals surface area contributed by atoms with Crippen molar-refractivity contribution >= 4 is 45.6 Å². The average Bonchev–Trinajstić information content (AvgIpc) is 2.98. The van der Waals surface area contributed by atoms with Crippen molar-refractivity contribution in [2.45, 2.75) is 12.8 Å². The molecule has 2 rings (SSSR count). The molecule has 2 aromatic rings. The van der Waals surface area contributed by atoms with Gasteiger partial charge in [-0.15, -0.1) is 22.9 Å². The van der Waals surface area contributed by atoms with Crippen molar-refractivity contribution in [2.24, 2.45) is 0 Å². The van der Waals surface area contributed by atoms with Crippen LogP contribution in [0.3, 0.4) is 0 Å². The Balaban J connectivity index is 2.00. The highest BCUT2D eigenvalue weighted by molar-refractivity contribution is 7.13. The molecule has 2 N–H and O–H groups in total. The van der Waals surface area contributed by atoms with Crippen LogP contribution in [-0.2, 0) is 4.79 Å². The van der Waals surface area contributed by atoms with Crippen molar-refractivity contribution in [1.82, 2.24) is 4.98 Å². The number of carbonyl (C=O) groups excluding carboxylic acids is 2. The van der Waals surface area contributed by atoms with Crippen LogP contribution >= 0.6 is 22.9 Å². The Morgan fingerprint density at radius 1 is 1.29 bits per heavy atom. The summed E-state index contributed by atoms with van der Waals surface area (Å²) in [5.74, 6) is 0.0684. The molecule has 0 aliphatic heterocycles. The predicted octanol–water partition coefficient (Wildman–Crippen LogP) is 3.35. The molecule has 0 spiro atoms. The lowest BCUT2D eigenvalue weighted by molar-refractivity contribution is -0.116. The minimum absolute atomic E-state index is 0.117. The molecule has 0 bridgehead atoms. The molecule has 0 saturated heterocycles. The molecular weight excluding hydrogens is 310 g/mol. The molecule has 5 nitrogen and oxygen atoms in total. The Hall–Kier alpha value is -1.92. The number of amides is 2. The van der Waals surface area contributed by atoms with E-state index in [0.29, 0.717) is 35.1 Å². The van der Waals surface area contributed by atoms with Crippen LogP contribution in [0.1, 0.15) is 23.2 Å². The SMILES string of the molecule is O=C(CCCCl)Nc1cccc(C(=O)Nc2nccs2)c1. The van der Waals surface area contributed by atoms with Gasteiger partial charge in [0.25, 0.3) is 5.91 Å². The molecule has 110 valence electrons. The quantitative estimate of drug-likeness (QED) is 0.801. The molecule has 0 fully saturated rings. The van der Waals surface area contributed by atoms with E-state index in [1.54, 1.807) is 35.8 Å². The average molecular weight is 324 g/mol. The number of aromatic nitrogens is 1. The van der Waals surface area contributed by atoms with E-state index < -0.39 is 0 Å². The number of rotatable bonds is 6. The first-order valence-corrected chi connectivity index (χ1v) is 7.77. The van der Waals surface area contributed by atoms with Crippen molar-refractivity contribution in [2.75, 3.05) is 16.5 Å². The summed E-state index contributed by atoms with van der Waals surface area (Å²) in [6.45, 7) is 0. The third-order valence-electron chi connectivity index (χ3n) is 2.60. The molecule has 0 unspecified atom stereocenters. The van der Waals surface area contributed by atoms with Crippen LogP contribution in [0.4, 0.5) is 10.8 Å². The van der Waals surface area contributed by atoms with Gasteiger partial charge < -0.3 is 5.32 Å². The monoisotopic (exact) mass is 323 g/mol. The first-order chi connectivity index (χ1) is 10.2. The summed E-state index contributed by atoms with van der Waals surface area (Å²) >= 11 is 6.89. The van der Waals surface area contributed by atoms with E-state index in [1.165, 1.54) is 11.3 Å². The number of nitrogens with one attached hydrogen (secondary N) is 2. The topological polar surface area (TPSA) is 71.1 Å². The second-order valence-corrected chi connectivity index (χ2v) is 5.49. The van der Waals surface area contributed by atoms with Crippen molar-refractivity contribution in [3.8, 4) is 0 Å². The van der Waals surface area contributed by atoms with Gasteiger partial charge in [0, 0.05) is 35.1 Å². The highest BCUT2D eigenvalue weighted by atomic mass is 35.5. The smallest absolute Gasteiger partial charge is 0.257 e. The number of hydrogen-bond acceptors (Lipinski definition) is 4. The highest BCUT2D eigenvalue weighted by Gasteiger charge is 2.09. The molecule has 1 aromatic heterocycles. The number of hydrogen-bond donors (Lipinski definition) is 2. The Labute approximate surface area is 131 Å². The van der Waals surface area contributed by atoms with Gasteiger partial charge in [-0.3, -0.25) is 14.9 Å². The molecule has 0 radical (unpaired) electrons. The summed E-state index contributed by atoms with van der Waals surface area (Å²) in [6.07, 6.45) is 2.60. The molecule has 7 heteroatoms. The molecule has 1 aromatic carbocycles. The summed E-state index contributed by atoms with van der Waals surface area (Å²) < 4.78 is 0. The van der Waals surface area contributed by atoms with Crippen LogP contribution in [0.5, 0.6) is 0 Å². The van der Waals surface area contributed by atoms with Gasteiger partial charge >= 0.3 is 0 Å². The number of alkyl halides is 1. The number of thiazole rings is 1. The fourth-order valence-electron chi connectivity index (χ4n) is 1.64. The van der Waals surface area contributed by atoms with Gasteiger partial charge in [-0.25, -0.2) is 4.98 Å². The predicted molar refractivity (Wildman–Crippen MR) is 85.1 cm³/mol. The number of carbonyl (C=O) groups is 2. The van der Waals surface area contributed by atoms with Gasteiger partial charge in [0.05, 0.1) is 0 Å². The van der Waals surface area contributed by atoms with Gasteiger partial charge in [0.2, 0.25) is 5.91 Å². The minimum Gasteiger partial charge on any atom is -0.326 e. The number of anilines is 2. The maximum atomic E-state index is 12.0. The fraction of sp³-hybridized carbons (Fsp3) is 0.214. The molecule has 0 saturated carbocycles. The zero-order chi connectivity index (χ0) is 15.1. The molecule has 2 amide bonds. The van der Waals surface area contributed by atoms with Crippen LogP contribution in [0.25, 0.3) is 0 Å². The summed E-state index contributed by atoms with van der Waals surface area (Å²) in [4.78, 5) is 27.7. The molecular formula is C14H14ClN3O2S. The molecule has 1 heterocycles. The third kappa shape index (κ3) is 4.84. The van der Waals surface area contributed by atoms with Crippen LogP contribution < -0.4 is 10.6 Å². The summed E-state index contributed by atoms with van der Waals surface area (Å²) in [6, 6.07) is 6.76. The third-order valence-corrected chi connectivity index (χ3v) is 3.55. The van der Waals surface area contributed by atoms with E-state index in [4.69, 9.17) is 11.6 Å². The van der Waals surface area contributed by atoms with E-state index in [1.807, 2.05) is 0 Å². The van der Waals surface area contributed by atoms with Crippen molar-refractivity contribution in [1.29, 1.82) is 0 Å². The van der Waals surface area contributed by atoms with Crippen molar-refractivity contribution in [3.05, 3.63) is 41.4 Å². The van der Waals surface area contributed by atoms with E-state index in [0.717, 1.165) is 0 Å². The standard InChI is InChI=1S/C14H14ClN3O2S/c15-6-2-5-12(19)17-11-4-1-3-10(9-11)13(20)18-14-16-7-8-21-14/h1,3-4,7-9H,2,5-6H2,(H,17,19)(H,16,18,20). The van der Waals surface area contributed by atoms with Crippen molar-refractivity contribution < 1.29 is 9.59 Å².